The van der Waals surface area contributed by atoms with Crippen molar-refractivity contribution in [1.82, 2.24) is 15.5 Å². The number of aliphatic imine (C=N–C) groups is 1. The average molecular weight is 379 g/mol. The van der Waals surface area contributed by atoms with Crippen LogP contribution in [0.25, 0.3) is 11.1 Å². The second kappa shape index (κ2) is 9.40. The van der Waals surface area contributed by atoms with Crippen molar-refractivity contribution in [2.24, 2.45) is 4.99 Å². The van der Waals surface area contributed by atoms with Crippen LogP contribution in [0.3, 0.4) is 0 Å². The van der Waals surface area contributed by atoms with E-state index < -0.39 is 0 Å². The van der Waals surface area contributed by atoms with E-state index in [9.17, 15) is 4.79 Å². The Morgan fingerprint density at radius 2 is 1.93 bits per heavy atom. The van der Waals surface area contributed by atoms with Crippen LogP contribution in [0.5, 0.6) is 0 Å². The first-order valence-electron chi connectivity index (χ1n) is 10.00. The molecule has 1 atom stereocenters. The number of benzene rings is 2. The maximum absolute atomic E-state index is 11.8. The summed E-state index contributed by atoms with van der Waals surface area (Å²) >= 11 is 0. The molecular formula is C23H30N4O. The van der Waals surface area contributed by atoms with Crippen LogP contribution >= 0.6 is 0 Å². The number of amides is 1. The Balaban J connectivity index is 1.57. The van der Waals surface area contributed by atoms with Crippen LogP contribution in [0.1, 0.15) is 30.9 Å². The van der Waals surface area contributed by atoms with Gasteiger partial charge in [-0.1, -0.05) is 55.0 Å². The predicted molar refractivity (Wildman–Crippen MR) is 115 cm³/mol. The van der Waals surface area contributed by atoms with E-state index in [0.29, 0.717) is 13.0 Å². The number of carbonyl (C=O) groups excluding carboxylic acids is 1. The van der Waals surface area contributed by atoms with Gasteiger partial charge in [-0.2, -0.15) is 0 Å². The van der Waals surface area contributed by atoms with Gasteiger partial charge in [-0.15, -0.1) is 0 Å². The quantitative estimate of drug-likeness (QED) is 0.620. The Kier molecular flexibility index (Phi) is 6.69. The second-order valence-corrected chi connectivity index (χ2v) is 7.32. The van der Waals surface area contributed by atoms with Crippen LogP contribution in [0.15, 0.2) is 53.5 Å². The van der Waals surface area contributed by atoms with Gasteiger partial charge in [0.1, 0.15) is 0 Å². The second-order valence-electron chi connectivity index (χ2n) is 7.32. The molecule has 2 N–H and O–H groups in total. The molecule has 1 aliphatic rings. The zero-order valence-corrected chi connectivity index (χ0v) is 17.0. The highest BCUT2D eigenvalue weighted by atomic mass is 16.2. The highest BCUT2D eigenvalue weighted by molar-refractivity contribution is 5.80. The van der Waals surface area contributed by atoms with Gasteiger partial charge in [0.05, 0.1) is 0 Å². The molecule has 2 aromatic carbocycles. The van der Waals surface area contributed by atoms with Crippen molar-refractivity contribution in [2.75, 3.05) is 20.1 Å². The number of hydrogen-bond donors (Lipinski definition) is 2. The molecule has 1 heterocycles. The molecule has 0 aliphatic carbocycles. The Morgan fingerprint density at radius 3 is 2.64 bits per heavy atom. The Morgan fingerprint density at radius 1 is 1.18 bits per heavy atom. The number of hydrogen-bond acceptors (Lipinski definition) is 2. The fourth-order valence-corrected chi connectivity index (χ4v) is 3.59. The number of nitrogens with one attached hydrogen (secondary N) is 2. The van der Waals surface area contributed by atoms with Gasteiger partial charge in [0.2, 0.25) is 5.91 Å². The normalized spacial score (nSPS) is 16.9. The largest absolute Gasteiger partial charge is 0.352 e. The molecule has 3 rings (SSSR count). The van der Waals surface area contributed by atoms with Crippen molar-refractivity contribution in [3.63, 3.8) is 0 Å². The fraction of sp³-hybridized carbons (Fsp3) is 0.391. The lowest BCUT2D eigenvalue weighted by Crippen LogP contribution is -2.44. The lowest BCUT2D eigenvalue weighted by atomic mass is 10.0. The lowest BCUT2D eigenvalue weighted by molar-refractivity contribution is -0.129. The van der Waals surface area contributed by atoms with Gasteiger partial charge in [-0.3, -0.25) is 9.79 Å². The molecular weight excluding hydrogens is 348 g/mol. The SMILES string of the molecule is CCC(=O)N1CCC(NC(=NC)NCc2cccc(-c3cccc(C)c3)c2)C1. The monoisotopic (exact) mass is 378 g/mol. The van der Waals surface area contributed by atoms with E-state index in [1.54, 1.807) is 7.05 Å². The Bertz CT molecular complexity index is 846. The Hall–Kier alpha value is -2.82. The van der Waals surface area contributed by atoms with E-state index in [1.807, 2.05) is 11.8 Å². The summed E-state index contributed by atoms with van der Waals surface area (Å²) in [7, 11) is 1.78. The molecule has 1 fully saturated rings. The van der Waals surface area contributed by atoms with Crippen LogP contribution < -0.4 is 10.6 Å². The van der Waals surface area contributed by atoms with E-state index in [0.717, 1.165) is 25.5 Å². The van der Waals surface area contributed by atoms with Gasteiger partial charge in [-0.05, 0) is 36.1 Å². The molecule has 1 amide bonds. The number of guanidine groups is 1. The zero-order chi connectivity index (χ0) is 19.9. The maximum Gasteiger partial charge on any atom is 0.222 e. The number of likely N-dealkylation sites (tertiary alicyclic amines) is 1. The summed E-state index contributed by atoms with van der Waals surface area (Å²) < 4.78 is 0. The standard InChI is InChI=1S/C23H30N4O/c1-4-22(28)27-12-11-21(16-27)26-23(24-3)25-15-18-8-6-10-20(14-18)19-9-5-7-17(2)13-19/h5-10,13-14,21H,4,11-12,15-16H2,1-3H3,(H2,24,25,26). The smallest absolute Gasteiger partial charge is 0.222 e. The van der Waals surface area contributed by atoms with E-state index >= 15 is 0 Å². The molecule has 1 saturated heterocycles. The predicted octanol–water partition coefficient (Wildman–Crippen LogP) is 3.34. The van der Waals surface area contributed by atoms with Gasteiger partial charge in [0.15, 0.2) is 5.96 Å². The van der Waals surface area contributed by atoms with Crippen LogP contribution in [0, 0.1) is 6.92 Å². The van der Waals surface area contributed by atoms with Crippen molar-refractivity contribution in [2.45, 2.75) is 39.3 Å². The van der Waals surface area contributed by atoms with Gasteiger partial charge in [-0.25, -0.2) is 0 Å². The first-order chi connectivity index (χ1) is 13.6. The van der Waals surface area contributed by atoms with Crippen molar-refractivity contribution in [3.05, 3.63) is 59.7 Å². The van der Waals surface area contributed by atoms with Gasteiger partial charge in [0.25, 0.3) is 0 Å². The summed E-state index contributed by atoms with van der Waals surface area (Å²) in [6.07, 6.45) is 1.52. The third kappa shape index (κ3) is 5.12. The number of carbonyl (C=O) groups is 1. The van der Waals surface area contributed by atoms with E-state index in [-0.39, 0.29) is 11.9 Å². The van der Waals surface area contributed by atoms with Gasteiger partial charge >= 0.3 is 0 Å². The molecule has 5 heteroatoms. The summed E-state index contributed by atoms with van der Waals surface area (Å²) in [6, 6.07) is 17.4. The molecule has 0 radical (unpaired) electrons. The van der Waals surface area contributed by atoms with Crippen LogP contribution in [-0.4, -0.2) is 42.9 Å². The molecule has 0 aromatic heterocycles. The molecule has 0 spiro atoms. The summed E-state index contributed by atoms with van der Waals surface area (Å²) in [6.45, 7) is 6.29. The lowest BCUT2D eigenvalue weighted by Gasteiger charge is -2.19. The number of rotatable bonds is 5. The topological polar surface area (TPSA) is 56.7 Å². The third-order valence-electron chi connectivity index (χ3n) is 5.15. The maximum atomic E-state index is 11.8. The molecule has 1 unspecified atom stereocenters. The molecule has 0 bridgehead atoms. The average Bonchev–Trinajstić information content (AvgIpc) is 3.19. The third-order valence-corrected chi connectivity index (χ3v) is 5.15. The van der Waals surface area contributed by atoms with Crippen molar-refractivity contribution in [3.8, 4) is 11.1 Å². The molecule has 0 saturated carbocycles. The van der Waals surface area contributed by atoms with Gasteiger partial charge in [0, 0.05) is 39.1 Å². The van der Waals surface area contributed by atoms with E-state index in [1.165, 1.54) is 22.3 Å². The van der Waals surface area contributed by atoms with E-state index in [4.69, 9.17) is 0 Å². The minimum Gasteiger partial charge on any atom is -0.352 e. The van der Waals surface area contributed by atoms with Crippen molar-refractivity contribution in [1.29, 1.82) is 0 Å². The molecule has 148 valence electrons. The minimum absolute atomic E-state index is 0.222. The molecule has 28 heavy (non-hydrogen) atoms. The summed E-state index contributed by atoms with van der Waals surface area (Å²) in [5.74, 6) is 0.997. The summed E-state index contributed by atoms with van der Waals surface area (Å²) in [5, 5.41) is 6.84. The highest BCUT2D eigenvalue weighted by Gasteiger charge is 2.25. The van der Waals surface area contributed by atoms with Crippen LogP contribution in [0.2, 0.25) is 0 Å². The van der Waals surface area contributed by atoms with Crippen molar-refractivity contribution >= 4 is 11.9 Å². The fourth-order valence-electron chi connectivity index (χ4n) is 3.59. The number of aryl methyl sites for hydroxylation is 1. The van der Waals surface area contributed by atoms with Crippen molar-refractivity contribution < 1.29 is 4.79 Å². The van der Waals surface area contributed by atoms with Crippen LogP contribution in [0.4, 0.5) is 0 Å². The highest BCUT2D eigenvalue weighted by Crippen LogP contribution is 2.21. The van der Waals surface area contributed by atoms with Crippen LogP contribution in [-0.2, 0) is 11.3 Å². The van der Waals surface area contributed by atoms with Gasteiger partial charge < -0.3 is 15.5 Å². The molecule has 5 nitrogen and oxygen atoms in total. The molecule has 1 aliphatic heterocycles. The summed E-state index contributed by atoms with van der Waals surface area (Å²) in [4.78, 5) is 18.1. The Labute approximate surface area is 167 Å². The zero-order valence-electron chi connectivity index (χ0n) is 17.0. The minimum atomic E-state index is 0.222. The molecule has 2 aromatic rings. The van der Waals surface area contributed by atoms with E-state index in [2.05, 4.69) is 71.1 Å². The first kappa shape index (κ1) is 19.9. The number of nitrogens with zero attached hydrogens (tertiary/aromatic N) is 2. The summed E-state index contributed by atoms with van der Waals surface area (Å²) in [5.41, 5.74) is 4.92. The first-order valence-corrected chi connectivity index (χ1v) is 10.00.